The number of hydrogen-bond donors (Lipinski definition) is 0. The highest BCUT2D eigenvalue weighted by Crippen LogP contribution is 2.28. The number of halogens is 1. The van der Waals surface area contributed by atoms with Crippen molar-refractivity contribution in [3.8, 4) is 0 Å². The van der Waals surface area contributed by atoms with Crippen LogP contribution in [0.15, 0.2) is 48.5 Å². The number of benzene rings is 2. The second kappa shape index (κ2) is 8.13. The van der Waals surface area contributed by atoms with E-state index in [2.05, 4.69) is 14.8 Å². The summed E-state index contributed by atoms with van der Waals surface area (Å²) in [6, 6.07) is 14.3. The van der Waals surface area contributed by atoms with Crippen LogP contribution in [0.3, 0.4) is 0 Å². The third kappa shape index (κ3) is 4.19. The number of piperazine rings is 1. The molecule has 2 heterocycles. The van der Waals surface area contributed by atoms with Crippen LogP contribution in [-0.2, 0) is 6.42 Å². The summed E-state index contributed by atoms with van der Waals surface area (Å²) in [5.74, 6) is -0.277. The molecule has 0 unspecified atom stereocenters. The minimum Gasteiger partial charge on any atom is -0.368 e. The van der Waals surface area contributed by atoms with Crippen LogP contribution in [0.25, 0.3) is 10.9 Å². The minimum absolute atomic E-state index is 0.138. The Morgan fingerprint density at radius 1 is 1.10 bits per heavy atom. The Hall–Kier alpha value is -3.06. The molecule has 1 fully saturated rings. The van der Waals surface area contributed by atoms with E-state index >= 15 is 0 Å². The van der Waals surface area contributed by atoms with Gasteiger partial charge in [-0.3, -0.25) is 15.0 Å². The molecule has 0 saturated carbocycles. The van der Waals surface area contributed by atoms with Gasteiger partial charge in [-0.15, -0.1) is 0 Å². The smallest absolute Gasteiger partial charge is 0.269 e. The van der Waals surface area contributed by atoms with Gasteiger partial charge < -0.3 is 4.90 Å². The molecule has 1 aliphatic rings. The van der Waals surface area contributed by atoms with Gasteiger partial charge in [0, 0.05) is 55.9 Å². The van der Waals surface area contributed by atoms with Crippen LogP contribution in [0.2, 0.25) is 0 Å². The monoisotopic (exact) mass is 394 g/mol. The summed E-state index contributed by atoms with van der Waals surface area (Å²) in [6.45, 7) is 6.04. The number of fused-ring (bicyclic) bond motifs is 1. The molecule has 0 bridgehead atoms. The molecular formula is C22H23FN4O2. The van der Waals surface area contributed by atoms with Gasteiger partial charge in [0.05, 0.1) is 16.1 Å². The molecule has 1 aromatic heterocycles. The molecule has 1 aliphatic heterocycles. The van der Waals surface area contributed by atoms with Gasteiger partial charge in [0.2, 0.25) is 0 Å². The quantitative estimate of drug-likeness (QED) is 0.484. The number of non-ortho nitro benzene ring substituents is 1. The van der Waals surface area contributed by atoms with E-state index < -0.39 is 0 Å². The number of anilines is 1. The van der Waals surface area contributed by atoms with E-state index in [1.165, 1.54) is 6.07 Å². The van der Waals surface area contributed by atoms with Crippen LogP contribution >= 0.6 is 0 Å². The summed E-state index contributed by atoms with van der Waals surface area (Å²) >= 11 is 0. The number of hydrogen-bond acceptors (Lipinski definition) is 5. The van der Waals surface area contributed by atoms with Gasteiger partial charge in [0.25, 0.3) is 5.69 Å². The van der Waals surface area contributed by atoms with Crippen molar-refractivity contribution in [2.45, 2.75) is 13.3 Å². The third-order valence-electron chi connectivity index (χ3n) is 5.52. The number of aromatic nitrogens is 1. The fraction of sp³-hybridized carbons (Fsp3) is 0.318. The van der Waals surface area contributed by atoms with Gasteiger partial charge in [-0.05, 0) is 37.1 Å². The van der Waals surface area contributed by atoms with E-state index in [0.29, 0.717) is 5.69 Å². The Morgan fingerprint density at radius 3 is 2.62 bits per heavy atom. The van der Waals surface area contributed by atoms with Crippen molar-refractivity contribution in [2.75, 3.05) is 37.6 Å². The average Bonchev–Trinajstić information content (AvgIpc) is 2.73. The molecule has 1 saturated heterocycles. The van der Waals surface area contributed by atoms with Gasteiger partial charge in [0.1, 0.15) is 5.82 Å². The zero-order valence-electron chi connectivity index (χ0n) is 16.3. The molecular weight excluding hydrogens is 371 g/mol. The van der Waals surface area contributed by atoms with Crippen molar-refractivity contribution in [2.24, 2.45) is 0 Å². The van der Waals surface area contributed by atoms with Gasteiger partial charge in [-0.1, -0.05) is 18.2 Å². The topological polar surface area (TPSA) is 62.5 Å². The molecule has 0 aliphatic carbocycles. The first-order chi connectivity index (χ1) is 14.0. The summed E-state index contributed by atoms with van der Waals surface area (Å²) in [5, 5.41) is 11.8. The van der Waals surface area contributed by atoms with Crippen LogP contribution in [0.5, 0.6) is 0 Å². The summed E-state index contributed by atoms with van der Waals surface area (Å²) in [6.07, 6.45) is 0.782. The van der Waals surface area contributed by atoms with Gasteiger partial charge >= 0.3 is 0 Å². The fourth-order valence-corrected chi connectivity index (χ4v) is 3.85. The molecule has 6 nitrogen and oxygen atoms in total. The van der Waals surface area contributed by atoms with Crippen LogP contribution in [-0.4, -0.2) is 47.5 Å². The molecule has 0 amide bonds. The molecule has 0 N–H and O–H groups in total. The van der Waals surface area contributed by atoms with E-state index in [9.17, 15) is 14.5 Å². The number of nitrogens with zero attached hydrogens (tertiary/aromatic N) is 4. The molecule has 0 atom stereocenters. The lowest BCUT2D eigenvalue weighted by molar-refractivity contribution is -0.384. The van der Waals surface area contributed by atoms with Crippen LogP contribution in [0.4, 0.5) is 15.8 Å². The zero-order valence-corrected chi connectivity index (χ0v) is 16.3. The standard InChI is InChI=1S/C22H23FN4O2/c1-16-20(23)15-19-21(24-16)6-3-7-22(19)26-12-10-25(11-13-26)9-8-17-4-2-5-18(14-17)27(28)29/h2-7,14-15H,8-13H2,1H3. The first-order valence-corrected chi connectivity index (χ1v) is 9.78. The average molecular weight is 394 g/mol. The summed E-state index contributed by atoms with van der Waals surface area (Å²) in [4.78, 5) is 19.6. The number of aryl methyl sites for hydroxylation is 1. The van der Waals surface area contributed by atoms with Crippen LogP contribution < -0.4 is 4.90 Å². The summed E-state index contributed by atoms with van der Waals surface area (Å²) in [5.41, 5.74) is 3.37. The van der Waals surface area contributed by atoms with Crippen molar-refractivity contribution >= 4 is 22.3 Å². The molecule has 3 aromatic rings. The second-order valence-electron chi connectivity index (χ2n) is 7.41. The first-order valence-electron chi connectivity index (χ1n) is 9.78. The molecule has 4 rings (SSSR count). The van der Waals surface area contributed by atoms with Gasteiger partial charge in [-0.2, -0.15) is 0 Å². The third-order valence-corrected chi connectivity index (χ3v) is 5.52. The molecule has 0 radical (unpaired) electrons. The second-order valence-corrected chi connectivity index (χ2v) is 7.41. The Kier molecular flexibility index (Phi) is 5.40. The van der Waals surface area contributed by atoms with Crippen LogP contribution in [0.1, 0.15) is 11.3 Å². The van der Waals surface area contributed by atoms with Crippen molar-refractivity contribution in [1.29, 1.82) is 0 Å². The molecule has 150 valence electrons. The number of rotatable bonds is 5. The lowest BCUT2D eigenvalue weighted by atomic mass is 10.1. The predicted molar refractivity (Wildman–Crippen MR) is 112 cm³/mol. The zero-order chi connectivity index (χ0) is 20.4. The normalized spacial score (nSPS) is 15.0. The van der Waals surface area contributed by atoms with Gasteiger partial charge in [-0.25, -0.2) is 9.37 Å². The lowest BCUT2D eigenvalue weighted by Gasteiger charge is -2.36. The van der Waals surface area contributed by atoms with E-state index in [1.54, 1.807) is 25.1 Å². The van der Waals surface area contributed by atoms with Crippen molar-refractivity contribution < 1.29 is 9.31 Å². The van der Waals surface area contributed by atoms with E-state index in [0.717, 1.165) is 61.3 Å². The van der Waals surface area contributed by atoms with Crippen molar-refractivity contribution in [3.63, 3.8) is 0 Å². The maximum absolute atomic E-state index is 14.1. The maximum atomic E-state index is 14.1. The van der Waals surface area contributed by atoms with E-state index in [1.807, 2.05) is 24.3 Å². The Labute approximate surface area is 168 Å². The maximum Gasteiger partial charge on any atom is 0.269 e. The first kappa shape index (κ1) is 19.3. The largest absolute Gasteiger partial charge is 0.368 e. The number of nitro groups is 1. The highest BCUT2D eigenvalue weighted by Gasteiger charge is 2.19. The van der Waals surface area contributed by atoms with Crippen LogP contribution in [0, 0.1) is 22.9 Å². The molecule has 7 heteroatoms. The Morgan fingerprint density at radius 2 is 1.86 bits per heavy atom. The fourth-order valence-electron chi connectivity index (χ4n) is 3.85. The van der Waals surface area contributed by atoms with Gasteiger partial charge in [0.15, 0.2) is 0 Å². The highest BCUT2D eigenvalue weighted by atomic mass is 19.1. The molecule has 2 aromatic carbocycles. The predicted octanol–water partition coefficient (Wildman–Crippen LogP) is 3.96. The van der Waals surface area contributed by atoms with Crippen molar-refractivity contribution in [3.05, 3.63) is 75.7 Å². The molecule has 29 heavy (non-hydrogen) atoms. The number of pyridine rings is 1. The van der Waals surface area contributed by atoms with Crippen molar-refractivity contribution in [1.82, 2.24) is 9.88 Å². The SMILES string of the molecule is Cc1nc2cccc(N3CCN(CCc4cccc([N+](=O)[O-])c4)CC3)c2cc1F. The van der Waals surface area contributed by atoms with E-state index in [4.69, 9.17) is 0 Å². The summed E-state index contributed by atoms with van der Waals surface area (Å²) < 4.78 is 14.1. The highest BCUT2D eigenvalue weighted by molar-refractivity contribution is 5.92. The molecule has 0 spiro atoms. The van der Waals surface area contributed by atoms with E-state index in [-0.39, 0.29) is 16.4 Å². The minimum atomic E-state index is -0.356. The number of nitro benzene ring substituents is 1. The lowest BCUT2D eigenvalue weighted by Crippen LogP contribution is -2.47. The Balaban J connectivity index is 1.40. The Bertz CT molecular complexity index is 1050. The summed E-state index contributed by atoms with van der Waals surface area (Å²) in [7, 11) is 0.